The highest BCUT2D eigenvalue weighted by Gasteiger charge is 2.09. The third-order valence-corrected chi connectivity index (χ3v) is 3.56. The van der Waals surface area contributed by atoms with Crippen LogP contribution in [0.5, 0.6) is 0 Å². The van der Waals surface area contributed by atoms with Crippen molar-refractivity contribution in [1.82, 2.24) is 4.98 Å². The molecule has 0 bridgehead atoms. The molecule has 2 aromatic rings. The minimum atomic E-state index is 0.519. The van der Waals surface area contributed by atoms with Crippen LogP contribution >= 0.6 is 0 Å². The lowest BCUT2D eigenvalue weighted by Crippen LogP contribution is -2.18. The lowest BCUT2D eigenvalue weighted by Gasteiger charge is -2.19. The number of nitrogen functional groups attached to an aromatic ring is 1. The molecular weight excluding hydrogens is 234 g/mol. The van der Waals surface area contributed by atoms with Crippen LogP contribution < -0.4 is 11.1 Å². The van der Waals surface area contributed by atoms with E-state index in [-0.39, 0.29) is 0 Å². The number of rotatable bonds is 5. The Labute approximate surface area is 115 Å². The van der Waals surface area contributed by atoms with Crippen LogP contribution in [0.3, 0.4) is 0 Å². The second-order valence-corrected chi connectivity index (χ2v) is 5.11. The summed E-state index contributed by atoms with van der Waals surface area (Å²) in [6.07, 6.45) is 5.38. The molecule has 0 saturated heterocycles. The summed E-state index contributed by atoms with van der Waals surface area (Å²) in [6, 6.07) is 6.66. The Balaban J connectivity index is 2.42. The van der Waals surface area contributed by atoms with E-state index in [2.05, 4.69) is 36.3 Å². The molecule has 2 rings (SSSR count). The molecule has 1 aromatic carbocycles. The van der Waals surface area contributed by atoms with Gasteiger partial charge in [-0.15, -0.1) is 0 Å². The number of pyridine rings is 1. The predicted octanol–water partition coefficient (Wildman–Crippen LogP) is 4.12. The molecule has 0 amide bonds. The number of hydrogen-bond donors (Lipinski definition) is 2. The van der Waals surface area contributed by atoms with E-state index >= 15 is 0 Å². The van der Waals surface area contributed by atoms with Crippen LogP contribution in [0.25, 0.3) is 10.8 Å². The number of aryl methyl sites for hydroxylation is 1. The molecule has 1 atom stereocenters. The number of fused-ring (bicyclic) bond motifs is 1. The van der Waals surface area contributed by atoms with Crippen LogP contribution in [-0.4, -0.2) is 11.0 Å². The first-order chi connectivity index (χ1) is 9.15. The van der Waals surface area contributed by atoms with Gasteiger partial charge in [-0.2, -0.15) is 0 Å². The Morgan fingerprint density at radius 2 is 2.05 bits per heavy atom. The Morgan fingerprint density at radius 3 is 2.74 bits per heavy atom. The maximum atomic E-state index is 6.03. The van der Waals surface area contributed by atoms with Crippen molar-refractivity contribution in [1.29, 1.82) is 0 Å². The van der Waals surface area contributed by atoms with Gasteiger partial charge in [-0.1, -0.05) is 20.3 Å². The summed E-state index contributed by atoms with van der Waals surface area (Å²) < 4.78 is 0. The molecule has 102 valence electrons. The zero-order valence-electron chi connectivity index (χ0n) is 12.0. The van der Waals surface area contributed by atoms with Crippen molar-refractivity contribution in [3.63, 3.8) is 0 Å². The lowest BCUT2D eigenvalue weighted by atomic mass is 10.1. The van der Waals surface area contributed by atoms with Crippen molar-refractivity contribution in [2.45, 2.75) is 46.1 Å². The third-order valence-electron chi connectivity index (χ3n) is 3.56. The molecule has 0 radical (unpaired) electrons. The Bertz CT molecular complexity index is 563. The number of benzene rings is 1. The summed E-state index contributed by atoms with van der Waals surface area (Å²) in [6.45, 7) is 6.45. The molecule has 0 aliphatic rings. The molecule has 3 nitrogen and oxygen atoms in total. The van der Waals surface area contributed by atoms with Gasteiger partial charge in [0.15, 0.2) is 0 Å². The van der Waals surface area contributed by atoms with E-state index in [1.54, 1.807) is 0 Å². The molecule has 3 N–H and O–H groups in total. The molecule has 0 aliphatic heterocycles. The Hall–Kier alpha value is -1.77. The SMILES string of the molecule is CCCC(CC)Nc1ccc(N)c2cnc(C)cc12. The maximum absolute atomic E-state index is 6.03. The van der Waals surface area contributed by atoms with Gasteiger partial charge in [0.05, 0.1) is 0 Å². The number of nitrogens with zero attached hydrogens (tertiary/aromatic N) is 1. The third kappa shape index (κ3) is 2.98. The van der Waals surface area contributed by atoms with Gasteiger partial charge in [-0.05, 0) is 38.0 Å². The van der Waals surface area contributed by atoms with Gasteiger partial charge in [0.25, 0.3) is 0 Å². The van der Waals surface area contributed by atoms with E-state index in [9.17, 15) is 0 Å². The molecule has 0 fully saturated rings. The predicted molar refractivity (Wildman–Crippen MR) is 83.5 cm³/mol. The number of aromatic nitrogens is 1. The van der Waals surface area contributed by atoms with Crippen LogP contribution in [0, 0.1) is 6.92 Å². The molecular formula is C16H23N3. The summed E-state index contributed by atoms with van der Waals surface area (Å²) >= 11 is 0. The highest BCUT2D eigenvalue weighted by molar-refractivity contribution is 6.00. The van der Waals surface area contributed by atoms with Gasteiger partial charge in [0.2, 0.25) is 0 Å². The summed E-state index contributed by atoms with van der Waals surface area (Å²) in [5, 5.41) is 5.84. The second-order valence-electron chi connectivity index (χ2n) is 5.11. The molecule has 1 unspecified atom stereocenters. The summed E-state index contributed by atoms with van der Waals surface area (Å²) in [5.74, 6) is 0. The van der Waals surface area contributed by atoms with Crippen molar-refractivity contribution < 1.29 is 0 Å². The van der Waals surface area contributed by atoms with Gasteiger partial charge < -0.3 is 11.1 Å². The molecule has 19 heavy (non-hydrogen) atoms. The molecule has 0 saturated carbocycles. The van der Waals surface area contributed by atoms with E-state index in [1.165, 1.54) is 18.2 Å². The molecule has 0 aliphatic carbocycles. The average Bonchev–Trinajstić information content (AvgIpc) is 2.41. The highest BCUT2D eigenvalue weighted by Crippen LogP contribution is 2.29. The van der Waals surface area contributed by atoms with Crippen molar-refractivity contribution in [3.8, 4) is 0 Å². The normalized spacial score (nSPS) is 12.6. The van der Waals surface area contributed by atoms with Crippen LogP contribution in [-0.2, 0) is 0 Å². The maximum Gasteiger partial charge on any atom is 0.0424 e. The topological polar surface area (TPSA) is 50.9 Å². The first-order valence-electron chi connectivity index (χ1n) is 7.07. The smallest absolute Gasteiger partial charge is 0.0424 e. The fourth-order valence-electron chi connectivity index (χ4n) is 2.44. The summed E-state index contributed by atoms with van der Waals surface area (Å²) in [5.41, 5.74) is 9.00. The Morgan fingerprint density at radius 1 is 1.26 bits per heavy atom. The largest absolute Gasteiger partial charge is 0.398 e. The number of nitrogens with one attached hydrogen (secondary N) is 1. The molecule has 3 heteroatoms. The fraction of sp³-hybridized carbons (Fsp3) is 0.438. The first kappa shape index (κ1) is 13.7. The standard InChI is InChI=1S/C16H23N3/c1-4-6-12(5-2)19-16-8-7-15(17)14-10-18-11(3)9-13(14)16/h7-10,12,19H,4-6,17H2,1-3H3. The molecule has 1 heterocycles. The molecule has 0 spiro atoms. The van der Waals surface area contributed by atoms with E-state index in [1.807, 2.05) is 19.2 Å². The van der Waals surface area contributed by atoms with E-state index < -0.39 is 0 Å². The monoisotopic (exact) mass is 257 g/mol. The van der Waals surface area contributed by atoms with Crippen molar-refractivity contribution >= 4 is 22.1 Å². The zero-order valence-corrected chi connectivity index (χ0v) is 12.0. The van der Waals surface area contributed by atoms with Crippen molar-refractivity contribution in [2.75, 3.05) is 11.1 Å². The molecule has 1 aromatic heterocycles. The Kier molecular flexibility index (Phi) is 4.25. The van der Waals surface area contributed by atoms with Crippen LogP contribution in [0.15, 0.2) is 24.4 Å². The van der Waals surface area contributed by atoms with Crippen molar-refractivity contribution in [3.05, 3.63) is 30.1 Å². The average molecular weight is 257 g/mol. The highest BCUT2D eigenvalue weighted by atomic mass is 14.9. The van der Waals surface area contributed by atoms with E-state index in [0.717, 1.165) is 28.9 Å². The summed E-state index contributed by atoms with van der Waals surface area (Å²) in [7, 11) is 0. The minimum Gasteiger partial charge on any atom is -0.398 e. The minimum absolute atomic E-state index is 0.519. The van der Waals surface area contributed by atoms with Gasteiger partial charge in [-0.3, -0.25) is 4.98 Å². The van der Waals surface area contributed by atoms with Gasteiger partial charge >= 0.3 is 0 Å². The van der Waals surface area contributed by atoms with Crippen LogP contribution in [0.1, 0.15) is 38.8 Å². The zero-order chi connectivity index (χ0) is 13.8. The number of hydrogen-bond acceptors (Lipinski definition) is 3. The number of nitrogens with two attached hydrogens (primary N) is 1. The van der Waals surface area contributed by atoms with Gasteiger partial charge in [-0.25, -0.2) is 0 Å². The van der Waals surface area contributed by atoms with Gasteiger partial charge in [0.1, 0.15) is 0 Å². The fourth-order valence-corrected chi connectivity index (χ4v) is 2.44. The van der Waals surface area contributed by atoms with Crippen LogP contribution in [0.2, 0.25) is 0 Å². The first-order valence-corrected chi connectivity index (χ1v) is 7.07. The summed E-state index contributed by atoms with van der Waals surface area (Å²) in [4.78, 5) is 4.34. The second kappa shape index (κ2) is 5.91. The van der Waals surface area contributed by atoms with Gasteiger partial charge in [0, 0.05) is 40.1 Å². The number of anilines is 2. The van der Waals surface area contributed by atoms with Crippen LogP contribution in [0.4, 0.5) is 11.4 Å². The van der Waals surface area contributed by atoms with E-state index in [4.69, 9.17) is 5.73 Å². The van der Waals surface area contributed by atoms with Crippen molar-refractivity contribution in [2.24, 2.45) is 0 Å². The lowest BCUT2D eigenvalue weighted by molar-refractivity contribution is 0.623. The van der Waals surface area contributed by atoms with E-state index in [0.29, 0.717) is 6.04 Å². The quantitative estimate of drug-likeness (QED) is 0.792.